The van der Waals surface area contributed by atoms with Crippen molar-refractivity contribution in [2.45, 2.75) is 13.0 Å². The molecule has 2 aromatic rings. The minimum atomic E-state index is 0.142. The minimum Gasteiger partial charge on any atom is -0.398 e. The summed E-state index contributed by atoms with van der Waals surface area (Å²) in [5.74, 6) is 0. The van der Waals surface area contributed by atoms with Gasteiger partial charge in [-0.3, -0.25) is 0 Å². The van der Waals surface area contributed by atoms with Crippen LogP contribution in [0, 0.1) is 11.3 Å². The van der Waals surface area contributed by atoms with E-state index in [2.05, 4.69) is 17.9 Å². The SMILES string of the molecule is CC(c1cccc(Cl)c1)N(C)c1ccc(N)c(C#N)c1. The average molecular weight is 286 g/mol. The maximum atomic E-state index is 9.05. The Hall–Kier alpha value is -2.18. The van der Waals surface area contributed by atoms with Gasteiger partial charge in [0.15, 0.2) is 0 Å². The number of hydrogen-bond donors (Lipinski definition) is 1. The summed E-state index contributed by atoms with van der Waals surface area (Å²) < 4.78 is 0. The maximum absolute atomic E-state index is 9.05. The summed E-state index contributed by atoms with van der Waals surface area (Å²) in [5.41, 5.74) is 8.81. The molecule has 0 fully saturated rings. The lowest BCUT2D eigenvalue weighted by atomic mass is 10.1. The van der Waals surface area contributed by atoms with Gasteiger partial charge in [0.2, 0.25) is 0 Å². The summed E-state index contributed by atoms with van der Waals surface area (Å²) in [6, 6.07) is 15.5. The number of rotatable bonds is 3. The summed E-state index contributed by atoms with van der Waals surface area (Å²) >= 11 is 6.03. The summed E-state index contributed by atoms with van der Waals surface area (Å²) in [6.07, 6.45) is 0. The van der Waals surface area contributed by atoms with Crippen LogP contribution in [0.4, 0.5) is 11.4 Å². The summed E-state index contributed by atoms with van der Waals surface area (Å²) in [4.78, 5) is 2.09. The van der Waals surface area contributed by atoms with Crippen LogP contribution in [0.25, 0.3) is 0 Å². The van der Waals surface area contributed by atoms with Gasteiger partial charge in [0.25, 0.3) is 0 Å². The predicted octanol–water partition coefficient (Wildman–Crippen LogP) is 3.99. The molecular formula is C16H16ClN3. The molecule has 0 aromatic heterocycles. The lowest BCUT2D eigenvalue weighted by molar-refractivity contribution is 0.740. The van der Waals surface area contributed by atoms with E-state index in [1.807, 2.05) is 37.4 Å². The van der Waals surface area contributed by atoms with E-state index in [0.29, 0.717) is 11.3 Å². The van der Waals surface area contributed by atoms with Crippen LogP contribution in [-0.2, 0) is 0 Å². The van der Waals surface area contributed by atoms with Gasteiger partial charge in [-0.15, -0.1) is 0 Å². The number of nitrogen functional groups attached to an aromatic ring is 1. The van der Waals surface area contributed by atoms with Crippen molar-refractivity contribution in [3.8, 4) is 6.07 Å². The van der Waals surface area contributed by atoms with E-state index in [9.17, 15) is 0 Å². The summed E-state index contributed by atoms with van der Waals surface area (Å²) in [7, 11) is 1.98. The van der Waals surface area contributed by atoms with Gasteiger partial charge >= 0.3 is 0 Å². The van der Waals surface area contributed by atoms with E-state index in [1.165, 1.54) is 0 Å². The van der Waals surface area contributed by atoms with Crippen molar-refractivity contribution in [2.75, 3.05) is 17.7 Å². The quantitative estimate of drug-likeness (QED) is 0.868. The fourth-order valence-electron chi connectivity index (χ4n) is 2.07. The first-order valence-electron chi connectivity index (χ1n) is 6.31. The van der Waals surface area contributed by atoms with Gasteiger partial charge in [0, 0.05) is 23.4 Å². The van der Waals surface area contributed by atoms with E-state index in [-0.39, 0.29) is 6.04 Å². The van der Waals surface area contributed by atoms with Crippen molar-refractivity contribution in [3.63, 3.8) is 0 Å². The second-order valence-corrected chi connectivity index (χ2v) is 5.16. The van der Waals surface area contributed by atoms with Gasteiger partial charge in [0.1, 0.15) is 6.07 Å². The molecule has 0 aliphatic carbocycles. The number of anilines is 2. The highest BCUT2D eigenvalue weighted by atomic mass is 35.5. The van der Waals surface area contributed by atoms with E-state index in [1.54, 1.807) is 12.1 Å². The highest BCUT2D eigenvalue weighted by Crippen LogP contribution is 2.28. The number of hydrogen-bond acceptors (Lipinski definition) is 3. The van der Waals surface area contributed by atoms with Crippen LogP contribution in [0.3, 0.4) is 0 Å². The topological polar surface area (TPSA) is 53.0 Å². The van der Waals surface area contributed by atoms with Crippen molar-refractivity contribution in [1.29, 1.82) is 5.26 Å². The Balaban J connectivity index is 2.31. The molecule has 2 N–H and O–H groups in total. The van der Waals surface area contributed by atoms with Crippen molar-refractivity contribution < 1.29 is 0 Å². The number of halogens is 1. The molecule has 0 saturated heterocycles. The standard InChI is InChI=1S/C16H16ClN3/c1-11(12-4-3-5-14(17)8-12)20(2)15-6-7-16(19)13(9-15)10-18/h3-9,11H,19H2,1-2H3. The van der Waals surface area contributed by atoms with Crippen LogP contribution in [0.5, 0.6) is 0 Å². The average Bonchev–Trinajstić information content (AvgIpc) is 2.46. The molecule has 0 aliphatic heterocycles. The molecule has 0 radical (unpaired) electrons. The molecule has 20 heavy (non-hydrogen) atoms. The Morgan fingerprint density at radius 3 is 2.65 bits per heavy atom. The zero-order valence-electron chi connectivity index (χ0n) is 11.5. The zero-order valence-corrected chi connectivity index (χ0v) is 12.2. The Kier molecular flexibility index (Phi) is 4.16. The van der Waals surface area contributed by atoms with Crippen molar-refractivity contribution in [2.24, 2.45) is 0 Å². The summed E-state index contributed by atoms with van der Waals surface area (Å²) in [6.45, 7) is 2.09. The molecule has 3 nitrogen and oxygen atoms in total. The predicted molar refractivity (Wildman–Crippen MR) is 83.8 cm³/mol. The Morgan fingerprint density at radius 1 is 1.25 bits per heavy atom. The van der Waals surface area contributed by atoms with Crippen molar-refractivity contribution in [1.82, 2.24) is 0 Å². The van der Waals surface area contributed by atoms with Crippen molar-refractivity contribution >= 4 is 23.0 Å². The molecule has 2 aromatic carbocycles. The molecule has 0 saturated carbocycles. The van der Waals surface area contributed by atoms with Gasteiger partial charge in [0.05, 0.1) is 11.6 Å². The lowest BCUT2D eigenvalue weighted by Crippen LogP contribution is -2.21. The zero-order chi connectivity index (χ0) is 14.7. The third-order valence-electron chi connectivity index (χ3n) is 3.48. The monoisotopic (exact) mass is 285 g/mol. The van der Waals surface area contributed by atoms with Crippen LogP contribution in [0.15, 0.2) is 42.5 Å². The molecule has 4 heteroatoms. The molecule has 0 bridgehead atoms. The smallest absolute Gasteiger partial charge is 0.101 e. The molecule has 102 valence electrons. The summed E-state index contributed by atoms with van der Waals surface area (Å²) in [5, 5.41) is 9.77. The van der Waals surface area contributed by atoms with Crippen LogP contribution >= 0.6 is 11.6 Å². The normalized spacial score (nSPS) is 11.7. The first-order chi connectivity index (χ1) is 9.52. The van der Waals surface area contributed by atoms with Gasteiger partial charge in [-0.25, -0.2) is 0 Å². The van der Waals surface area contributed by atoms with Gasteiger partial charge < -0.3 is 10.6 Å². The minimum absolute atomic E-state index is 0.142. The fourth-order valence-corrected chi connectivity index (χ4v) is 2.27. The lowest BCUT2D eigenvalue weighted by Gasteiger charge is -2.28. The van der Waals surface area contributed by atoms with Gasteiger partial charge in [-0.05, 0) is 42.8 Å². The Morgan fingerprint density at radius 2 is 2.00 bits per heavy atom. The Bertz CT molecular complexity index is 661. The molecule has 1 unspecified atom stereocenters. The largest absolute Gasteiger partial charge is 0.398 e. The van der Waals surface area contributed by atoms with Crippen LogP contribution in [-0.4, -0.2) is 7.05 Å². The van der Waals surface area contributed by atoms with E-state index >= 15 is 0 Å². The number of nitriles is 1. The molecule has 0 aliphatic rings. The second-order valence-electron chi connectivity index (χ2n) is 4.73. The van der Waals surface area contributed by atoms with Crippen LogP contribution < -0.4 is 10.6 Å². The first-order valence-corrected chi connectivity index (χ1v) is 6.68. The number of nitrogens with two attached hydrogens (primary N) is 1. The maximum Gasteiger partial charge on any atom is 0.101 e. The molecule has 0 amide bonds. The van der Waals surface area contributed by atoms with Gasteiger partial charge in [-0.1, -0.05) is 23.7 Å². The molecule has 0 spiro atoms. The number of nitrogens with zero attached hydrogens (tertiary/aromatic N) is 2. The molecule has 0 heterocycles. The third kappa shape index (κ3) is 2.87. The van der Waals surface area contributed by atoms with E-state index in [4.69, 9.17) is 22.6 Å². The van der Waals surface area contributed by atoms with Crippen LogP contribution in [0.2, 0.25) is 5.02 Å². The third-order valence-corrected chi connectivity index (χ3v) is 3.71. The number of benzene rings is 2. The molecule has 1 atom stereocenters. The first kappa shape index (κ1) is 14.2. The Labute approximate surface area is 124 Å². The molecule has 2 rings (SSSR count). The van der Waals surface area contributed by atoms with Gasteiger partial charge in [-0.2, -0.15) is 5.26 Å². The van der Waals surface area contributed by atoms with E-state index < -0.39 is 0 Å². The van der Waals surface area contributed by atoms with E-state index in [0.717, 1.165) is 16.3 Å². The molecular weight excluding hydrogens is 270 g/mol. The van der Waals surface area contributed by atoms with Crippen molar-refractivity contribution in [3.05, 3.63) is 58.6 Å². The highest BCUT2D eigenvalue weighted by molar-refractivity contribution is 6.30. The highest BCUT2D eigenvalue weighted by Gasteiger charge is 2.13. The van der Waals surface area contributed by atoms with Crippen LogP contribution in [0.1, 0.15) is 24.1 Å². The second kappa shape index (κ2) is 5.85. The fraction of sp³-hybridized carbons (Fsp3) is 0.188.